The first-order valence-electron chi connectivity index (χ1n) is 11.1. The molecule has 1 atom stereocenters. The van der Waals surface area contributed by atoms with E-state index in [1.807, 2.05) is 30.3 Å². The molecule has 0 bridgehead atoms. The first kappa shape index (κ1) is 23.1. The molecule has 5 heteroatoms. The third kappa shape index (κ3) is 9.75. The summed E-state index contributed by atoms with van der Waals surface area (Å²) in [6.45, 7) is -0.413. The maximum Gasteiger partial charge on any atom is 0.245 e. The Hall–Kier alpha value is -2.14. The van der Waals surface area contributed by atoms with Gasteiger partial charge in [-0.15, -0.1) is 0 Å². The lowest BCUT2D eigenvalue weighted by atomic mass is 9.97. The molecule has 0 aliphatic heterocycles. The van der Waals surface area contributed by atoms with Crippen molar-refractivity contribution in [2.24, 2.45) is 0 Å². The van der Waals surface area contributed by atoms with Crippen LogP contribution in [-0.4, -0.2) is 35.6 Å². The Morgan fingerprint density at radius 2 is 1.48 bits per heavy atom. The molecule has 160 valence electrons. The Morgan fingerprint density at radius 1 is 0.931 bits per heavy atom. The molecule has 1 aromatic carbocycles. The van der Waals surface area contributed by atoms with Crippen molar-refractivity contribution in [3.05, 3.63) is 42.0 Å². The number of hydrogen-bond donors (Lipinski definition) is 3. The molecule has 1 saturated carbocycles. The minimum absolute atomic E-state index is 0.118. The zero-order valence-corrected chi connectivity index (χ0v) is 17.4. The summed E-state index contributed by atoms with van der Waals surface area (Å²) in [5.41, 5.74) is 0.904. The van der Waals surface area contributed by atoms with Gasteiger partial charge in [-0.3, -0.25) is 9.59 Å². The van der Waals surface area contributed by atoms with Gasteiger partial charge in [-0.25, -0.2) is 0 Å². The van der Waals surface area contributed by atoms with Crippen LogP contribution in [0.5, 0.6) is 0 Å². The van der Waals surface area contributed by atoms with Crippen molar-refractivity contribution in [2.75, 3.05) is 6.61 Å². The monoisotopic (exact) mass is 400 g/mol. The van der Waals surface area contributed by atoms with E-state index in [9.17, 15) is 14.7 Å². The largest absolute Gasteiger partial charge is 0.394 e. The molecule has 0 spiro atoms. The van der Waals surface area contributed by atoms with E-state index >= 15 is 0 Å². The van der Waals surface area contributed by atoms with Crippen LogP contribution in [0.25, 0.3) is 6.08 Å². The van der Waals surface area contributed by atoms with E-state index in [0.29, 0.717) is 0 Å². The highest BCUT2D eigenvalue weighted by atomic mass is 16.3. The van der Waals surface area contributed by atoms with Gasteiger partial charge in [-0.1, -0.05) is 88.1 Å². The van der Waals surface area contributed by atoms with Gasteiger partial charge in [-0.05, 0) is 24.5 Å². The van der Waals surface area contributed by atoms with Gasteiger partial charge >= 0.3 is 0 Å². The molecule has 0 radical (unpaired) electrons. The van der Waals surface area contributed by atoms with Gasteiger partial charge in [0.05, 0.1) is 6.61 Å². The van der Waals surface area contributed by atoms with Crippen LogP contribution in [0.15, 0.2) is 36.4 Å². The number of amides is 2. The zero-order chi connectivity index (χ0) is 20.7. The summed E-state index contributed by atoms with van der Waals surface area (Å²) in [6, 6.07) is 8.67. The van der Waals surface area contributed by atoms with Crippen molar-refractivity contribution in [3.63, 3.8) is 0 Å². The number of rotatable bonds is 6. The molecule has 1 aliphatic carbocycles. The average molecular weight is 401 g/mol. The molecule has 2 amide bonds. The van der Waals surface area contributed by atoms with Crippen LogP contribution in [0.3, 0.4) is 0 Å². The molecule has 0 unspecified atom stereocenters. The van der Waals surface area contributed by atoms with Gasteiger partial charge in [0.1, 0.15) is 6.04 Å². The average Bonchev–Trinajstić information content (AvgIpc) is 2.73. The van der Waals surface area contributed by atoms with Gasteiger partial charge in [0, 0.05) is 12.1 Å². The summed E-state index contributed by atoms with van der Waals surface area (Å²) in [6.07, 6.45) is 16.1. The second-order valence-corrected chi connectivity index (χ2v) is 7.95. The van der Waals surface area contributed by atoms with Gasteiger partial charge in [0.2, 0.25) is 11.8 Å². The highest BCUT2D eigenvalue weighted by Crippen LogP contribution is 2.17. The quantitative estimate of drug-likeness (QED) is 0.632. The Balaban J connectivity index is 1.84. The summed E-state index contributed by atoms with van der Waals surface area (Å²) in [5, 5.41) is 15.3. The van der Waals surface area contributed by atoms with Crippen molar-refractivity contribution in [3.8, 4) is 0 Å². The molecule has 5 nitrogen and oxygen atoms in total. The van der Waals surface area contributed by atoms with E-state index in [2.05, 4.69) is 10.6 Å². The number of nitrogens with one attached hydrogen (secondary N) is 2. The van der Waals surface area contributed by atoms with Crippen LogP contribution >= 0.6 is 0 Å². The fraction of sp³-hybridized carbons (Fsp3) is 0.583. The predicted octanol–water partition coefficient (Wildman–Crippen LogP) is 3.97. The minimum atomic E-state index is -0.927. The molecule has 0 heterocycles. The summed E-state index contributed by atoms with van der Waals surface area (Å²) < 4.78 is 0. The van der Waals surface area contributed by atoms with E-state index in [1.165, 1.54) is 51.0 Å². The number of benzene rings is 1. The Kier molecular flexibility index (Phi) is 11.1. The number of aliphatic hydroxyl groups excluding tert-OH is 1. The van der Waals surface area contributed by atoms with Crippen LogP contribution < -0.4 is 10.6 Å². The molecule has 0 aromatic heterocycles. The van der Waals surface area contributed by atoms with E-state index in [-0.39, 0.29) is 17.9 Å². The zero-order valence-electron chi connectivity index (χ0n) is 17.4. The van der Waals surface area contributed by atoms with Crippen LogP contribution in [0.1, 0.15) is 76.2 Å². The van der Waals surface area contributed by atoms with E-state index in [1.54, 1.807) is 6.08 Å². The van der Waals surface area contributed by atoms with Crippen LogP contribution in [-0.2, 0) is 9.59 Å². The van der Waals surface area contributed by atoms with Crippen LogP contribution in [0, 0.1) is 0 Å². The predicted molar refractivity (Wildman–Crippen MR) is 117 cm³/mol. The van der Waals surface area contributed by atoms with E-state index in [0.717, 1.165) is 31.2 Å². The van der Waals surface area contributed by atoms with Gasteiger partial charge < -0.3 is 15.7 Å². The Labute approximate surface area is 175 Å². The standard InChI is InChI=1S/C24H36N2O3/c27-19-22(26-23(28)18-17-20-13-9-8-10-14-20)24(29)25-21-15-11-6-4-2-1-3-5-7-12-16-21/h8-10,13-14,17-18,21-22,27H,1-7,11-12,15-16,19H2,(H,25,29)(H,26,28)/t22-/m0/s1. The molecular formula is C24H36N2O3. The highest BCUT2D eigenvalue weighted by molar-refractivity contribution is 5.95. The van der Waals surface area contributed by atoms with Crippen molar-refractivity contribution < 1.29 is 14.7 Å². The van der Waals surface area contributed by atoms with Crippen molar-refractivity contribution in [1.82, 2.24) is 10.6 Å². The number of carbonyl (C=O) groups is 2. The first-order chi connectivity index (χ1) is 14.2. The smallest absolute Gasteiger partial charge is 0.245 e. The highest BCUT2D eigenvalue weighted by Gasteiger charge is 2.22. The second-order valence-electron chi connectivity index (χ2n) is 7.95. The lowest BCUT2D eigenvalue weighted by Gasteiger charge is -2.23. The third-order valence-corrected chi connectivity index (χ3v) is 5.49. The number of aliphatic hydroxyl groups is 1. The molecule has 1 aromatic rings. The molecule has 1 fully saturated rings. The van der Waals surface area contributed by atoms with Gasteiger partial charge in [-0.2, -0.15) is 0 Å². The lowest BCUT2D eigenvalue weighted by molar-refractivity contribution is -0.128. The van der Waals surface area contributed by atoms with Crippen LogP contribution in [0.4, 0.5) is 0 Å². The van der Waals surface area contributed by atoms with E-state index in [4.69, 9.17) is 0 Å². The normalized spacial score (nSPS) is 18.4. The number of carbonyl (C=O) groups excluding carboxylic acids is 2. The summed E-state index contributed by atoms with van der Waals surface area (Å²) in [4.78, 5) is 24.8. The molecule has 1 aliphatic rings. The second kappa shape index (κ2) is 13.9. The van der Waals surface area contributed by atoms with Crippen LogP contribution in [0.2, 0.25) is 0 Å². The SMILES string of the molecule is O=C(C=Cc1ccccc1)N[C@@H](CO)C(=O)NC1CCCCCCCCCCC1. The van der Waals surface area contributed by atoms with Crippen molar-refractivity contribution in [2.45, 2.75) is 82.7 Å². The fourth-order valence-corrected chi connectivity index (χ4v) is 3.76. The molecule has 29 heavy (non-hydrogen) atoms. The maximum atomic E-state index is 12.6. The Bertz CT molecular complexity index is 618. The fourth-order valence-electron chi connectivity index (χ4n) is 3.76. The van der Waals surface area contributed by atoms with E-state index < -0.39 is 12.6 Å². The molecule has 0 saturated heterocycles. The summed E-state index contributed by atoms with van der Waals surface area (Å²) in [5.74, 6) is -0.687. The molecule has 3 N–H and O–H groups in total. The van der Waals surface area contributed by atoms with Crippen molar-refractivity contribution >= 4 is 17.9 Å². The first-order valence-corrected chi connectivity index (χ1v) is 11.1. The van der Waals surface area contributed by atoms with Crippen molar-refractivity contribution in [1.29, 1.82) is 0 Å². The van der Waals surface area contributed by atoms with Gasteiger partial charge in [0.15, 0.2) is 0 Å². The third-order valence-electron chi connectivity index (χ3n) is 5.49. The molecular weight excluding hydrogens is 364 g/mol. The van der Waals surface area contributed by atoms with Gasteiger partial charge in [0.25, 0.3) is 0 Å². The summed E-state index contributed by atoms with van der Waals surface area (Å²) >= 11 is 0. The summed E-state index contributed by atoms with van der Waals surface area (Å²) in [7, 11) is 0. The number of hydrogen-bond acceptors (Lipinski definition) is 3. The Morgan fingerprint density at radius 3 is 2.03 bits per heavy atom. The minimum Gasteiger partial charge on any atom is -0.394 e. The maximum absolute atomic E-state index is 12.6. The topological polar surface area (TPSA) is 78.4 Å². The molecule has 2 rings (SSSR count). The lowest BCUT2D eigenvalue weighted by Crippen LogP contribution is -2.51.